The average Bonchev–Trinajstić information content (AvgIpc) is 2.69. The number of piperidine rings is 3. The molecule has 1 aromatic rings. The molecule has 92 valence electrons. The van der Waals surface area contributed by atoms with Crippen molar-refractivity contribution >= 4 is 11.4 Å². The van der Waals surface area contributed by atoms with E-state index in [4.69, 9.17) is 4.99 Å². The summed E-state index contributed by atoms with van der Waals surface area (Å²) < 4.78 is 0. The van der Waals surface area contributed by atoms with Crippen LogP contribution >= 0.6 is 0 Å². The standard InChI is InChI=1S/C16H18N2/c1-11-10-18-9-8-16(11)12-6-4-5-7-13(12)17-14(16)15(18,2)3/h4-7H,1,8-10H2,2-3H3/t16-/m0/s1. The quantitative estimate of drug-likeness (QED) is 0.634. The topological polar surface area (TPSA) is 15.6 Å². The van der Waals surface area contributed by atoms with Gasteiger partial charge in [-0.2, -0.15) is 0 Å². The summed E-state index contributed by atoms with van der Waals surface area (Å²) in [5, 5.41) is 0. The van der Waals surface area contributed by atoms with E-state index in [0.29, 0.717) is 0 Å². The average molecular weight is 238 g/mol. The number of aliphatic imine (C=N–C) groups is 1. The first-order chi connectivity index (χ1) is 8.57. The molecule has 4 aliphatic rings. The molecule has 1 aromatic carbocycles. The maximum atomic E-state index is 4.96. The van der Waals surface area contributed by atoms with Gasteiger partial charge in [0.15, 0.2) is 0 Å². The molecule has 4 aliphatic heterocycles. The van der Waals surface area contributed by atoms with Crippen LogP contribution in [-0.4, -0.2) is 29.2 Å². The Morgan fingerprint density at radius 3 is 2.83 bits per heavy atom. The van der Waals surface area contributed by atoms with Gasteiger partial charge in [0.05, 0.1) is 22.4 Å². The number of hydrogen-bond acceptors (Lipinski definition) is 2. The lowest BCUT2D eigenvalue weighted by Gasteiger charge is -2.57. The van der Waals surface area contributed by atoms with Gasteiger partial charge in [-0.25, -0.2) is 0 Å². The Balaban J connectivity index is 2.05. The SMILES string of the molecule is C=C1CN2CC[C@]13C(=Nc1ccccc13)C2(C)C. The van der Waals surface area contributed by atoms with Crippen molar-refractivity contribution in [3.63, 3.8) is 0 Å². The Kier molecular flexibility index (Phi) is 1.72. The summed E-state index contributed by atoms with van der Waals surface area (Å²) in [5.41, 5.74) is 5.30. The van der Waals surface area contributed by atoms with Crippen LogP contribution in [0.1, 0.15) is 25.8 Å². The van der Waals surface area contributed by atoms with Gasteiger partial charge in [-0.3, -0.25) is 9.89 Å². The van der Waals surface area contributed by atoms with Crippen molar-refractivity contribution in [2.45, 2.75) is 31.2 Å². The Morgan fingerprint density at radius 2 is 2.06 bits per heavy atom. The molecule has 3 fully saturated rings. The number of benzene rings is 1. The second-order valence-corrected chi connectivity index (χ2v) is 6.22. The van der Waals surface area contributed by atoms with E-state index < -0.39 is 0 Å². The van der Waals surface area contributed by atoms with Crippen LogP contribution in [-0.2, 0) is 5.41 Å². The molecule has 0 N–H and O–H groups in total. The van der Waals surface area contributed by atoms with E-state index in [1.165, 1.54) is 16.8 Å². The second-order valence-electron chi connectivity index (χ2n) is 6.22. The maximum Gasteiger partial charge on any atom is 0.0675 e. The van der Waals surface area contributed by atoms with Crippen molar-refractivity contribution in [1.29, 1.82) is 0 Å². The molecule has 0 aromatic heterocycles. The van der Waals surface area contributed by atoms with Crippen LogP contribution in [0.2, 0.25) is 0 Å². The smallest absolute Gasteiger partial charge is 0.0675 e. The molecule has 2 nitrogen and oxygen atoms in total. The van der Waals surface area contributed by atoms with Crippen LogP contribution in [0.4, 0.5) is 5.69 Å². The highest BCUT2D eigenvalue weighted by molar-refractivity contribution is 6.11. The fourth-order valence-corrected chi connectivity index (χ4v) is 4.10. The summed E-state index contributed by atoms with van der Waals surface area (Å²) >= 11 is 0. The Labute approximate surface area is 108 Å². The van der Waals surface area contributed by atoms with Crippen molar-refractivity contribution in [3.8, 4) is 0 Å². The van der Waals surface area contributed by atoms with Gasteiger partial charge in [0, 0.05) is 13.1 Å². The lowest BCUT2D eigenvalue weighted by Crippen LogP contribution is -2.68. The van der Waals surface area contributed by atoms with E-state index in [9.17, 15) is 0 Å². The molecule has 4 heterocycles. The zero-order chi connectivity index (χ0) is 12.5. The molecule has 18 heavy (non-hydrogen) atoms. The summed E-state index contributed by atoms with van der Waals surface area (Å²) in [6.07, 6.45) is 1.14. The third-order valence-corrected chi connectivity index (χ3v) is 5.11. The third kappa shape index (κ3) is 0.938. The van der Waals surface area contributed by atoms with Gasteiger partial charge < -0.3 is 0 Å². The fourth-order valence-electron chi connectivity index (χ4n) is 4.10. The molecular weight excluding hydrogens is 220 g/mol. The summed E-state index contributed by atoms with van der Waals surface area (Å²) in [7, 11) is 0. The van der Waals surface area contributed by atoms with E-state index in [1.54, 1.807) is 0 Å². The second kappa shape index (κ2) is 2.94. The molecule has 0 saturated carbocycles. The van der Waals surface area contributed by atoms with Gasteiger partial charge in [-0.15, -0.1) is 0 Å². The Hall–Kier alpha value is -1.41. The normalized spacial score (nSPS) is 35.1. The molecule has 1 spiro atoms. The Bertz CT molecular complexity index is 597. The van der Waals surface area contributed by atoms with Gasteiger partial charge in [-0.1, -0.05) is 24.8 Å². The van der Waals surface area contributed by atoms with E-state index in [2.05, 4.69) is 49.6 Å². The maximum absolute atomic E-state index is 4.96. The fraction of sp³-hybridized carbons (Fsp3) is 0.438. The monoisotopic (exact) mass is 238 g/mol. The zero-order valence-electron chi connectivity index (χ0n) is 11.0. The van der Waals surface area contributed by atoms with E-state index in [-0.39, 0.29) is 11.0 Å². The number of nitrogens with zero attached hydrogens (tertiary/aromatic N) is 2. The summed E-state index contributed by atoms with van der Waals surface area (Å²) in [5.74, 6) is 0. The van der Waals surface area contributed by atoms with Crippen molar-refractivity contribution in [2.24, 2.45) is 4.99 Å². The molecule has 0 amide bonds. The van der Waals surface area contributed by atoms with Gasteiger partial charge in [0.25, 0.3) is 0 Å². The molecule has 2 heteroatoms. The third-order valence-electron chi connectivity index (χ3n) is 5.11. The summed E-state index contributed by atoms with van der Waals surface area (Å²) in [4.78, 5) is 7.48. The number of rotatable bonds is 0. The number of para-hydroxylation sites is 1. The lowest BCUT2D eigenvalue weighted by molar-refractivity contribution is 0.119. The molecule has 2 bridgehead atoms. The predicted molar refractivity (Wildman–Crippen MR) is 74.6 cm³/mol. The number of fused-ring (bicyclic) bond motifs is 3. The van der Waals surface area contributed by atoms with Gasteiger partial charge >= 0.3 is 0 Å². The molecule has 3 saturated heterocycles. The van der Waals surface area contributed by atoms with Crippen molar-refractivity contribution < 1.29 is 0 Å². The zero-order valence-corrected chi connectivity index (χ0v) is 11.0. The molecule has 0 aliphatic carbocycles. The van der Waals surface area contributed by atoms with Gasteiger partial charge in [-0.05, 0) is 37.5 Å². The molecule has 0 radical (unpaired) electrons. The first kappa shape index (κ1) is 10.5. The van der Waals surface area contributed by atoms with Gasteiger partial charge in [0.2, 0.25) is 0 Å². The molecule has 5 rings (SSSR count). The summed E-state index contributed by atoms with van der Waals surface area (Å²) in [6.45, 7) is 11.1. The molecule has 1 unspecified atom stereocenters. The first-order valence-electron chi connectivity index (χ1n) is 6.69. The van der Waals surface area contributed by atoms with Crippen LogP contribution < -0.4 is 0 Å². The first-order valence-corrected chi connectivity index (χ1v) is 6.69. The van der Waals surface area contributed by atoms with Crippen molar-refractivity contribution in [1.82, 2.24) is 4.90 Å². The number of hydrogen-bond donors (Lipinski definition) is 0. The largest absolute Gasteiger partial charge is 0.289 e. The van der Waals surface area contributed by atoms with Crippen molar-refractivity contribution in [2.75, 3.05) is 13.1 Å². The minimum absolute atomic E-state index is 0.0366. The summed E-state index contributed by atoms with van der Waals surface area (Å²) in [6, 6.07) is 8.60. The highest BCUT2D eigenvalue weighted by atomic mass is 15.2. The van der Waals surface area contributed by atoms with Crippen LogP contribution in [0.25, 0.3) is 0 Å². The Morgan fingerprint density at radius 1 is 1.28 bits per heavy atom. The predicted octanol–water partition coefficient (Wildman–Crippen LogP) is 3.06. The minimum Gasteiger partial charge on any atom is -0.289 e. The van der Waals surface area contributed by atoms with Crippen LogP contribution in [0.5, 0.6) is 0 Å². The van der Waals surface area contributed by atoms with Crippen molar-refractivity contribution in [3.05, 3.63) is 42.0 Å². The molecular formula is C16H18N2. The highest BCUT2D eigenvalue weighted by Gasteiger charge is 2.59. The molecule has 2 atom stereocenters. The van der Waals surface area contributed by atoms with E-state index >= 15 is 0 Å². The minimum atomic E-state index is 0.0366. The van der Waals surface area contributed by atoms with E-state index in [1.807, 2.05) is 0 Å². The lowest BCUT2D eigenvalue weighted by atomic mass is 9.59. The highest BCUT2D eigenvalue weighted by Crippen LogP contribution is 2.56. The van der Waals surface area contributed by atoms with E-state index in [0.717, 1.165) is 25.2 Å². The van der Waals surface area contributed by atoms with Crippen LogP contribution in [0.15, 0.2) is 41.4 Å². The van der Waals surface area contributed by atoms with Crippen LogP contribution in [0.3, 0.4) is 0 Å². The van der Waals surface area contributed by atoms with Crippen LogP contribution in [0, 0.1) is 0 Å². The van der Waals surface area contributed by atoms with Gasteiger partial charge in [0.1, 0.15) is 0 Å².